The van der Waals surface area contributed by atoms with Crippen molar-refractivity contribution in [1.29, 1.82) is 0 Å². The van der Waals surface area contributed by atoms with Gasteiger partial charge >= 0.3 is 5.97 Å². The first-order valence-electron chi connectivity index (χ1n) is 6.35. The Morgan fingerprint density at radius 3 is 2.80 bits per heavy atom. The second-order valence-electron chi connectivity index (χ2n) is 5.08. The van der Waals surface area contributed by atoms with Crippen molar-refractivity contribution in [2.75, 3.05) is 6.54 Å². The molecule has 20 heavy (non-hydrogen) atoms. The van der Waals surface area contributed by atoms with Crippen LogP contribution in [0.4, 0.5) is 8.78 Å². The molecule has 1 aromatic heterocycles. The van der Waals surface area contributed by atoms with Gasteiger partial charge < -0.3 is 14.6 Å². The molecule has 0 saturated carbocycles. The predicted molar refractivity (Wildman–Crippen MR) is 66.7 cm³/mol. The van der Waals surface area contributed by atoms with E-state index in [-0.39, 0.29) is 5.69 Å². The highest BCUT2D eigenvalue weighted by Gasteiger charge is 2.46. The zero-order chi connectivity index (χ0) is 14.9. The van der Waals surface area contributed by atoms with E-state index in [0.717, 1.165) is 4.57 Å². The summed E-state index contributed by atoms with van der Waals surface area (Å²) in [5.74, 6) is -1.59. The summed E-state index contributed by atoms with van der Waals surface area (Å²) in [6.07, 6.45) is -0.222. The fourth-order valence-corrected chi connectivity index (χ4v) is 2.57. The topological polar surface area (TPSA) is 62.5 Å². The maximum Gasteiger partial charge on any atom is 0.329 e. The lowest BCUT2D eigenvalue weighted by Gasteiger charge is -2.31. The summed E-state index contributed by atoms with van der Waals surface area (Å²) in [7, 11) is 0. The third-order valence-electron chi connectivity index (χ3n) is 3.73. The van der Waals surface area contributed by atoms with Crippen molar-refractivity contribution in [2.45, 2.75) is 38.3 Å². The Bertz CT molecular complexity index is 529. The molecule has 2 rings (SSSR count). The van der Waals surface area contributed by atoms with Gasteiger partial charge in [-0.3, -0.25) is 4.79 Å². The van der Waals surface area contributed by atoms with Crippen LogP contribution in [0.5, 0.6) is 0 Å². The first-order chi connectivity index (χ1) is 9.36. The zero-order valence-electron chi connectivity index (χ0n) is 11.1. The fraction of sp³-hybridized carbons (Fsp3) is 0.538. The average molecular weight is 286 g/mol. The highest BCUT2D eigenvalue weighted by molar-refractivity contribution is 5.97. The van der Waals surface area contributed by atoms with Gasteiger partial charge in [-0.25, -0.2) is 13.6 Å². The number of hydrogen-bond acceptors (Lipinski definition) is 2. The van der Waals surface area contributed by atoms with Gasteiger partial charge in [0.15, 0.2) is 0 Å². The number of aliphatic carboxylic acids is 1. The van der Waals surface area contributed by atoms with Gasteiger partial charge in [0.05, 0.1) is 6.54 Å². The van der Waals surface area contributed by atoms with Crippen LogP contribution in [0.1, 0.15) is 30.3 Å². The third-order valence-corrected chi connectivity index (χ3v) is 3.73. The van der Waals surface area contributed by atoms with Crippen LogP contribution >= 0.6 is 0 Å². The lowest BCUT2D eigenvalue weighted by Crippen LogP contribution is -2.51. The summed E-state index contributed by atoms with van der Waals surface area (Å²) in [6, 6.07) is 2.94. The first-order valence-corrected chi connectivity index (χ1v) is 6.35. The second kappa shape index (κ2) is 5.22. The van der Waals surface area contributed by atoms with Gasteiger partial charge in [0.2, 0.25) is 0 Å². The molecule has 1 fully saturated rings. The quantitative estimate of drug-likeness (QED) is 0.918. The number of carboxylic acids is 1. The van der Waals surface area contributed by atoms with Crippen molar-refractivity contribution in [1.82, 2.24) is 9.47 Å². The maximum absolute atomic E-state index is 12.5. The Balaban J connectivity index is 2.28. The van der Waals surface area contributed by atoms with Gasteiger partial charge in [-0.15, -0.1) is 0 Å². The minimum atomic E-state index is -2.57. The molecule has 1 aromatic rings. The molecule has 1 saturated heterocycles. The van der Waals surface area contributed by atoms with Gasteiger partial charge in [-0.1, -0.05) is 0 Å². The van der Waals surface area contributed by atoms with E-state index in [1.54, 1.807) is 0 Å². The number of carboxylic acid groups (broad SMARTS) is 1. The molecule has 7 heteroatoms. The van der Waals surface area contributed by atoms with Gasteiger partial charge in [0.25, 0.3) is 12.3 Å². The Hall–Kier alpha value is -1.92. The van der Waals surface area contributed by atoms with Crippen LogP contribution in [-0.2, 0) is 11.3 Å². The molecule has 0 bridgehead atoms. The van der Waals surface area contributed by atoms with E-state index in [0.29, 0.717) is 19.4 Å². The van der Waals surface area contributed by atoms with Gasteiger partial charge in [0, 0.05) is 12.7 Å². The second-order valence-corrected chi connectivity index (χ2v) is 5.08. The third kappa shape index (κ3) is 2.39. The lowest BCUT2D eigenvalue weighted by molar-refractivity contribution is -0.147. The van der Waals surface area contributed by atoms with Crippen LogP contribution in [0.3, 0.4) is 0 Å². The summed E-state index contributed by atoms with van der Waals surface area (Å²) >= 11 is 0. The molecule has 110 valence electrons. The minimum Gasteiger partial charge on any atom is -0.480 e. The van der Waals surface area contributed by atoms with Crippen LogP contribution in [-0.4, -0.2) is 45.0 Å². The van der Waals surface area contributed by atoms with E-state index in [1.165, 1.54) is 30.2 Å². The Morgan fingerprint density at radius 2 is 2.20 bits per heavy atom. The normalized spacial score (nSPS) is 22.5. The maximum atomic E-state index is 12.5. The SMILES string of the molecule is CC1(C(=O)O)CCCN1C(=O)c1cccn1CC(F)F. The van der Waals surface area contributed by atoms with E-state index in [4.69, 9.17) is 0 Å². The monoisotopic (exact) mass is 286 g/mol. The number of aromatic nitrogens is 1. The molecule has 5 nitrogen and oxygen atoms in total. The van der Waals surface area contributed by atoms with E-state index in [1.807, 2.05) is 0 Å². The molecule has 0 radical (unpaired) electrons. The molecule has 1 aliphatic rings. The standard InChI is InChI=1S/C13H16F2N2O3/c1-13(12(19)20)5-3-7-17(13)11(18)9-4-2-6-16(9)8-10(14)15/h2,4,6,10H,3,5,7-8H2,1H3,(H,19,20). The van der Waals surface area contributed by atoms with Crippen molar-refractivity contribution < 1.29 is 23.5 Å². The Kier molecular flexibility index (Phi) is 3.78. The van der Waals surface area contributed by atoms with Crippen molar-refractivity contribution in [2.24, 2.45) is 0 Å². The van der Waals surface area contributed by atoms with Gasteiger partial charge in [-0.05, 0) is 31.9 Å². The van der Waals surface area contributed by atoms with E-state index >= 15 is 0 Å². The minimum absolute atomic E-state index is 0.0969. The smallest absolute Gasteiger partial charge is 0.329 e. The van der Waals surface area contributed by atoms with Crippen LogP contribution in [0.15, 0.2) is 18.3 Å². The highest BCUT2D eigenvalue weighted by atomic mass is 19.3. The molecule has 1 aliphatic heterocycles. The number of alkyl halides is 2. The number of nitrogens with zero attached hydrogens (tertiary/aromatic N) is 2. The molecular formula is C13H16F2N2O3. The fourth-order valence-electron chi connectivity index (χ4n) is 2.57. The zero-order valence-corrected chi connectivity index (χ0v) is 11.1. The number of rotatable bonds is 4. The van der Waals surface area contributed by atoms with Crippen LogP contribution < -0.4 is 0 Å². The molecule has 1 amide bonds. The molecule has 0 spiro atoms. The summed E-state index contributed by atoms with van der Waals surface area (Å²) < 4.78 is 26.1. The van der Waals surface area contributed by atoms with Crippen LogP contribution in [0.2, 0.25) is 0 Å². The van der Waals surface area contributed by atoms with Crippen molar-refractivity contribution in [3.63, 3.8) is 0 Å². The number of likely N-dealkylation sites (tertiary alicyclic amines) is 1. The summed E-state index contributed by atoms with van der Waals surface area (Å²) in [5, 5.41) is 9.28. The molecule has 1 atom stereocenters. The highest BCUT2D eigenvalue weighted by Crippen LogP contribution is 2.30. The predicted octanol–water partition coefficient (Wildman–Crippen LogP) is 1.83. The van der Waals surface area contributed by atoms with Crippen molar-refractivity contribution >= 4 is 11.9 Å². The van der Waals surface area contributed by atoms with Crippen molar-refractivity contribution in [3.05, 3.63) is 24.0 Å². The Morgan fingerprint density at radius 1 is 1.50 bits per heavy atom. The van der Waals surface area contributed by atoms with E-state index in [2.05, 4.69) is 0 Å². The van der Waals surface area contributed by atoms with Crippen LogP contribution in [0, 0.1) is 0 Å². The Labute approximate surface area is 114 Å². The summed E-state index contributed by atoms with van der Waals surface area (Å²) in [6.45, 7) is 1.23. The van der Waals surface area contributed by atoms with E-state index in [9.17, 15) is 23.5 Å². The summed E-state index contributed by atoms with van der Waals surface area (Å²) in [4.78, 5) is 25.0. The van der Waals surface area contributed by atoms with E-state index < -0.39 is 30.4 Å². The number of hydrogen-bond donors (Lipinski definition) is 1. The number of carbonyl (C=O) groups excluding carboxylic acids is 1. The first kappa shape index (κ1) is 14.5. The molecule has 1 unspecified atom stereocenters. The largest absolute Gasteiger partial charge is 0.480 e. The molecular weight excluding hydrogens is 270 g/mol. The molecule has 0 aliphatic carbocycles. The molecule has 1 N–H and O–H groups in total. The van der Waals surface area contributed by atoms with Gasteiger partial charge in [-0.2, -0.15) is 0 Å². The average Bonchev–Trinajstić information content (AvgIpc) is 2.95. The van der Waals surface area contributed by atoms with Gasteiger partial charge in [0.1, 0.15) is 11.2 Å². The van der Waals surface area contributed by atoms with Crippen LogP contribution in [0.25, 0.3) is 0 Å². The van der Waals surface area contributed by atoms with Crippen molar-refractivity contribution in [3.8, 4) is 0 Å². The number of halogens is 2. The molecule has 0 aromatic carbocycles. The number of amides is 1. The number of carbonyl (C=O) groups is 2. The summed E-state index contributed by atoms with van der Waals surface area (Å²) in [5.41, 5.74) is -1.17. The lowest BCUT2D eigenvalue weighted by atomic mass is 9.99. The molecule has 2 heterocycles.